The zero-order chi connectivity index (χ0) is 17.3. The molecule has 128 valence electrons. The Kier molecular flexibility index (Phi) is 5.82. The molecule has 0 aliphatic rings. The van der Waals surface area contributed by atoms with Crippen molar-refractivity contribution in [1.82, 2.24) is 15.3 Å². The number of carbonyl (C=O) groups is 1. The molecule has 1 amide bonds. The molecule has 5 nitrogen and oxygen atoms in total. The molecule has 0 spiro atoms. The molecule has 1 heterocycles. The molecule has 25 heavy (non-hydrogen) atoms. The summed E-state index contributed by atoms with van der Waals surface area (Å²) >= 11 is 0. The number of imidazole rings is 1. The fourth-order valence-corrected chi connectivity index (χ4v) is 2.71. The highest BCUT2D eigenvalue weighted by Gasteiger charge is 2.15. The lowest BCUT2D eigenvalue weighted by Crippen LogP contribution is -2.30. The summed E-state index contributed by atoms with van der Waals surface area (Å²) in [5.74, 6) is 0.0857. The minimum Gasteiger partial charge on any atom is -0.449 e. The number of amides is 1. The lowest BCUT2D eigenvalue weighted by atomic mass is 9.91. The molecule has 3 rings (SSSR count). The SMILES string of the molecule is O=C(NCC(c1ccccc1)c1ccccc1)OCCc1cnc[nH]1. The van der Waals surface area contributed by atoms with Crippen LogP contribution in [-0.2, 0) is 11.2 Å². The van der Waals surface area contributed by atoms with Crippen molar-refractivity contribution in [3.05, 3.63) is 90.0 Å². The Labute approximate surface area is 147 Å². The summed E-state index contributed by atoms with van der Waals surface area (Å²) in [6.07, 6.45) is 3.55. The lowest BCUT2D eigenvalue weighted by molar-refractivity contribution is 0.147. The number of H-pyrrole nitrogens is 1. The summed E-state index contributed by atoms with van der Waals surface area (Å²) in [5, 5.41) is 2.87. The van der Waals surface area contributed by atoms with Crippen LogP contribution >= 0.6 is 0 Å². The number of ether oxygens (including phenoxy) is 1. The van der Waals surface area contributed by atoms with E-state index in [2.05, 4.69) is 39.6 Å². The van der Waals surface area contributed by atoms with Gasteiger partial charge in [-0.2, -0.15) is 0 Å². The number of hydrogen-bond donors (Lipinski definition) is 2. The molecule has 2 N–H and O–H groups in total. The van der Waals surface area contributed by atoms with Crippen molar-refractivity contribution in [3.63, 3.8) is 0 Å². The van der Waals surface area contributed by atoms with Crippen LogP contribution in [0.3, 0.4) is 0 Å². The number of aromatic amines is 1. The van der Waals surface area contributed by atoms with Crippen molar-refractivity contribution in [3.8, 4) is 0 Å². The number of alkyl carbamates (subject to hydrolysis) is 1. The molecule has 0 saturated heterocycles. The molecule has 0 aliphatic carbocycles. The van der Waals surface area contributed by atoms with Gasteiger partial charge in [0, 0.05) is 30.8 Å². The van der Waals surface area contributed by atoms with E-state index in [0.29, 0.717) is 19.6 Å². The second-order valence-corrected chi connectivity index (χ2v) is 5.72. The summed E-state index contributed by atoms with van der Waals surface area (Å²) in [6.45, 7) is 0.798. The summed E-state index contributed by atoms with van der Waals surface area (Å²) in [6, 6.07) is 20.3. The average molecular weight is 335 g/mol. The van der Waals surface area contributed by atoms with E-state index in [0.717, 1.165) is 16.8 Å². The van der Waals surface area contributed by atoms with Crippen molar-refractivity contribution in [2.24, 2.45) is 0 Å². The van der Waals surface area contributed by atoms with E-state index in [1.807, 2.05) is 36.4 Å². The highest BCUT2D eigenvalue weighted by molar-refractivity contribution is 5.67. The van der Waals surface area contributed by atoms with Gasteiger partial charge in [-0.1, -0.05) is 60.7 Å². The number of carbonyl (C=O) groups excluding carboxylic acids is 1. The van der Waals surface area contributed by atoms with Gasteiger partial charge >= 0.3 is 6.09 Å². The molecule has 0 fully saturated rings. The van der Waals surface area contributed by atoms with Crippen molar-refractivity contribution in [1.29, 1.82) is 0 Å². The summed E-state index contributed by atoms with van der Waals surface area (Å²) in [4.78, 5) is 18.9. The Morgan fingerprint density at radius 2 is 1.68 bits per heavy atom. The van der Waals surface area contributed by atoms with Crippen LogP contribution in [0.1, 0.15) is 22.7 Å². The van der Waals surface area contributed by atoms with E-state index in [9.17, 15) is 4.79 Å². The fraction of sp³-hybridized carbons (Fsp3) is 0.200. The Morgan fingerprint density at radius 3 is 2.24 bits per heavy atom. The first-order valence-corrected chi connectivity index (χ1v) is 8.30. The van der Waals surface area contributed by atoms with Crippen LogP contribution in [0.25, 0.3) is 0 Å². The Bertz CT molecular complexity index is 719. The second kappa shape index (κ2) is 8.68. The molecule has 0 unspecified atom stereocenters. The van der Waals surface area contributed by atoms with Crippen LogP contribution in [0, 0.1) is 0 Å². The normalized spacial score (nSPS) is 10.6. The quantitative estimate of drug-likeness (QED) is 0.694. The van der Waals surface area contributed by atoms with Crippen molar-refractivity contribution < 1.29 is 9.53 Å². The Morgan fingerprint density at radius 1 is 1.04 bits per heavy atom. The highest BCUT2D eigenvalue weighted by Crippen LogP contribution is 2.23. The first-order valence-electron chi connectivity index (χ1n) is 8.30. The van der Waals surface area contributed by atoms with E-state index >= 15 is 0 Å². The fourth-order valence-electron chi connectivity index (χ4n) is 2.71. The number of nitrogens with zero attached hydrogens (tertiary/aromatic N) is 1. The van der Waals surface area contributed by atoms with E-state index in [1.54, 1.807) is 12.5 Å². The average Bonchev–Trinajstić information content (AvgIpc) is 3.17. The van der Waals surface area contributed by atoms with E-state index in [1.165, 1.54) is 0 Å². The van der Waals surface area contributed by atoms with Crippen molar-refractivity contribution in [2.75, 3.05) is 13.2 Å². The summed E-state index contributed by atoms with van der Waals surface area (Å²) < 4.78 is 5.24. The molecule has 0 aliphatic heterocycles. The van der Waals surface area contributed by atoms with Gasteiger partial charge in [-0.05, 0) is 11.1 Å². The van der Waals surface area contributed by atoms with Crippen LogP contribution in [0.4, 0.5) is 4.79 Å². The standard InChI is InChI=1S/C20H21N3O2/c24-20(25-12-11-18-13-21-15-23-18)22-14-19(16-7-3-1-4-8-16)17-9-5-2-6-10-17/h1-10,13,15,19H,11-12,14H2,(H,21,23)(H,22,24). The summed E-state index contributed by atoms with van der Waals surface area (Å²) in [5.41, 5.74) is 3.26. The van der Waals surface area contributed by atoms with Gasteiger partial charge in [0.05, 0.1) is 12.9 Å². The maximum Gasteiger partial charge on any atom is 0.407 e. The minimum absolute atomic E-state index is 0.0857. The molecular formula is C20H21N3O2. The van der Waals surface area contributed by atoms with E-state index in [4.69, 9.17) is 4.74 Å². The molecule has 1 aromatic heterocycles. The predicted molar refractivity (Wildman–Crippen MR) is 96.4 cm³/mol. The van der Waals surface area contributed by atoms with Gasteiger partial charge in [0.2, 0.25) is 0 Å². The zero-order valence-corrected chi connectivity index (χ0v) is 13.9. The first kappa shape index (κ1) is 16.8. The molecular weight excluding hydrogens is 314 g/mol. The van der Waals surface area contributed by atoms with Gasteiger partial charge in [-0.15, -0.1) is 0 Å². The monoisotopic (exact) mass is 335 g/mol. The van der Waals surface area contributed by atoms with E-state index < -0.39 is 6.09 Å². The second-order valence-electron chi connectivity index (χ2n) is 5.72. The third-order valence-electron chi connectivity index (χ3n) is 4.01. The Balaban J connectivity index is 1.56. The van der Waals surface area contributed by atoms with Crippen LogP contribution in [0.2, 0.25) is 0 Å². The van der Waals surface area contributed by atoms with Crippen molar-refractivity contribution >= 4 is 6.09 Å². The van der Waals surface area contributed by atoms with Crippen molar-refractivity contribution in [2.45, 2.75) is 12.3 Å². The van der Waals surface area contributed by atoms with Gasteiger partial charge in [-0.25, -0.2) is 9.78 Å². The third-order valence-corrected chi connectivity index (χ3v) is 4.01. The smallest absolute Gasteiger partial charge is 0.407 e. The number of nitrogens with one attached hydrogen (secondary N) is 2. The molecule has 0 radical (unpaired) electrons. The highest BCUT2D eigenvalue weighted by atomic mass is 16.5. The largest absolute Gasteiger partial charge is 0.449 e. The van der Waals surface area contributed by atoms with Gasteiger partial charge in [0.1, 0.15) is 0 Å². The van der Waals surface area contributed by atoms with Crippen LogP contribution in [0.15, 0.2) is 73.2 Å². The molecule has 0 bridgehead atoms. The third kappa shape index (κ3) is 4.94. The Hall–Kier alpha value is -3.08. The molecule has 2 aromatic carbocycles. The molecule has 0 saturated carbocycles. The number of hydrogen-bond acceptors (Lipinski definition) is 3. The number of benzene rings is 2. The zero-order valence-electron chi connectivity index (χ0n) is 13.9. The lowest BCUT2D eigenvalue weighted by Gasteiger charge is -2.18. The maximum absolute atomic E-state index is 12.0. The molecule has 5 heteroatoms. The number of aromatic nitrogens is 2. The topological polar surface area (TPSA) is 67.0 Å². The van der Waals surface area contributed by atoms with Gasteiger partial charge in [0.15, 0.2) is 0 Å². The van der Waals surface area contributed by atoms with Gasteiger partial charge in [0.25, 0.3) is 0 Å². The minimum atomic E-state index is -0.406. The predicted octanol–water partition coefficient (Wildman–Crippen LogP) is 3.51. The van der Waals surface area contributed by atoms with Crippen LogP contribution in [-0.4, -0.2) is 29.2 Å². The van der Waals surface area contributed by atoms with Gasteiger partial charge < -0.3 is 15.0 Å². The summed E-state index contributed by atoms with van der Waals surface area (Å²) in [7, 11) is 0. The molecule has 0 atom stereocenters. The van der Waals surface area contributed by atoms with Crippen LogP contribution < -0.4 is 5.32 Å². The maximum atomic E-state index is 12.0. The van der Waals surface area contributed by atoms with Crippen LogP contribution in [0.5, 0.6) is 0 Å². The molecule has 3 aromatic rings. The van der Waals surface area contributed by atoms with E-state index in [-0.39, 0.29) is 5.92 Å². The van der Waals surface area contributed by atoms with Gasteiger partial charge in [-0.3, -0.25) is 0 Å². The number of rotatable bonds is 7. The first-order chi connectivity index (χ1) is 12.3.